The number of carboxylic acid groups (broad SMARTS) is 1. The second kappa shape index (κ2) is 6.08. The van der Waals surface area contributed by atoms with E-state index in [0.717, 1.165) is 16.4 Å². The van der Waals surface area contributed by atoms with Gasteiger partial charge in [-0.25, -0.2) is 4.79 Å². The van der Waals surface area contributed by atoms with Gasteiger partial charge in [-0.2, -0.15) is 0 Å². The first-order chi connectivity index (χ1) is 7.54. The molecule has 4 heteroatoms. The number of aromatic carboxylic acids is 1. The number of halogens is 1. The average Bonchev–Trinajstić information content (AvgIpc) is 2.20. The Morgan fingerprint density at radius 1 is 1.56 bits per heavy atom. The average molecular weight is 334 g/mol. The van der Waals surface area contributed by atoms with Crippen molar-refractivity contribution in [2.75, 3.05) is 0 Å². The number of rotatable bonds is 5. The molecule has 0 saturated heterocycles. The summed E-state index contributed by atoms with van der Waals surface area (Å²) in [5.74, 6) is -0.494. The smallest absolute Gasteiger partial charge is 0.339 e. The summed E-state index contributed by atoms with van der Waals surface area (Å²) in [4.78, 5) is 11.0. The minimum absolute atomic E-state index is 0.0446. The van der Waals surface area contributed by atoms with Crippen molar-refractivity contribution < 1.29 is 14.6 Å². The second-order valence-corrected chi connectivity index (χ2v) is 4.91. The van der Waals surface area contributed by atoms with E-state index in [1.165, 1.54) is 0 Å². The molecule has 0 amide bonds. The SMILES string of the molecule is CCCC(C)Oc1ccc(I)cc1C(=O)O. The molecule has 0 radical (unpaired) electrons. The van der Waals surface area contributed by atoms with Gasteiger partial charge in [-0.15, -0.1) is 0 Å². The Morgan fingerprint density at radius 2 is 2.25 bits per heavy atom. The lowest BCUT2D eigenvalue weighted by molar-refractivity contribution is 0.0689. The van der Waals surface area contributed by atoms with Crippen LogP contribution in [0.5, 0.6) is 5.75 Å². The second-order valence-electron chi connectivity index (χ2n) is 3.66. The van der Waals surface area contributed by atoms with E-state index in [2.05, 4.69) is 29.5 Å². The highest BCUT2D eigenvalue weighted by molar-refractivity contribution is 14.1. The number of ether oxygens (including phenoxy) is 1. The maximum Gasteiger partial charge on any atom is 0.339 e. The van der Waals surface area contributed by atoms with Crippen LogP contribution < -0.4 is 4.74 Å². The summed E-state index contributed by atoms with van der Waals surface area (Å²) in [6, 6.07) is 5.19. The van der Waals surface area contributed by atoms with Crippen molar-refractivity contribution in [3.63, 3.8) is 0 Å². The van der Waals surface area contributed by atoms with Gasteiger partial charge >= 0.3 is 5.97 Å². The van der Waals surface area contributed by atoms with Gasteiger partial charge in [0.2, 0.25) is 0 Å². The molecule has 0 spiro atoms. The monoisotopic (exact) mass is 334 g/mol. The highest BCUT2D eigenvalue weighted by Crippen LogP contribution is 2.23. The Bertz CT molecular complexity index is 377. The fourth-order valence-corrected chi connectivity index (χ4v) is 1.95. The van der Waals surface area contributed by atoms with Gasteiger partial charge in [-0.05, 0) is 54.1 Å². The van der Waals surface area contributed by atoms with Crippen LogP contribution in [-0.2, 0) is 0 Å². The molecule has 0 aliphatic rings. The maximum absolute atomic E-state index is 11.0. The third-order valence-corrected chi connectivity index (χ3v) is 2.87. The molecule has 0 saturated carbocycles. The zero-order chi connectivity index (χ0) is 12.1. The summed E-state index contributed by atoms with van der Waals surface area (Å²) in [6.45, 7) is 4.03. The standard InChI is InChI=1S/C12H15IO3/c1-3-4-8(2)16-11-6-5-9(13)7-10(11)12(14)15/h5-8H,3-4H2,1-2H3,(H,14,15). The summed E-state index contributed by atoms with van der Waals surface area (Å²) in [7, 11) is 0. The van der Waals surface area contributed by atoms with Gasteiger partial charge in [-0.1, -0.05) is 13.3 Å². The number of carbonyl (C=O) groups is 1. The molecule has 0 fully saturated rings. The molecular weight excluding hydrogens is 319 g/mol. The molecule has 1 unspecified atom stereocenters. The van der Waals surface area contributed by atoms with Gasteiger partial charge in [0.05, 0.1) is 6.10 Å². The number of hydrogen-bond acceptors (Lipinski definition) is 2. The van der Waals surface area contributed by atoms with Crippen LogP contribution in [0.1, 0.15) is 37.0 Å². The van der Waals surface area contributed by atoms with Crippen LogP contribution in [0.4, 0.5) is 0 Å². The summed E-state index contributed by atoms with van der Waals surface area (Å²) >= 11 is 2.09. The first-order valence-corrected chi connectivity index (χ1v) is 6.32. The molecule has 16 heavy (non-hydrogen) atoms. The van der Waals surface area contributed by atoms with Crippen molar-refractivity contribution in [2.45, 2.75) is 32.8 Å². The quantitative estimate of drug-likeness (QED) is 0.838. The van der Waals surface area contributed by atoms with E-state index < -0.39 is 5.97 Å². The van der Waals surface area contributed by atoms with Crippen molar-refractivity contribution in [2.24, 2.45) is 0 Å². The highest BCUT2D eigenvalue weighted by atomic mass is 127. The fraction of sp³-hybridized carbons (Fsp3) is 0.417. The topological polar surface area (TPSA) is 46.5 Å². The number of carboxylic acids is 1. The Hall–Kier alpha value is -0.780. The molecule has 3 nitrogen and oxygen atoms in total. The van der Waals surface area contributed by atoms with Crippen LogP contribution in [0, 0.1) is 3.57 Å². The molecule has 1 atom stereocenters. The zero-order valence-electron chi connectivity index (χ0n) is 9.37. The van der Waals surface area contributed by atoms with Gasteiger partial charge in [-0.3, -0.25) is 0 Å². The normalized spacial score (nSPS) is 12.2. The van der Waals surface area contributed by atoms with Crippen molar-refractivity contribution in [3.8, 4) is 5.75 Å². The van der Waals surface area contributed by atoms with E-state index in [1.807, 2.05) is 13.0 Å². The zero-order valence-corrected chi connectivity index (χ0v) is 11.5. The Labute approximate surface area is 109 Å². The third-order valence-electron chi connectivity index (χ3n) is 2.20. The van der Waals surface area contributed by atoms with Gasteiger partial charge < -0.3 is 9.84 Å². The highest BCUT2D eigenvalue weighted by Gasteiger charge is 2.13. The van der Waals surface area contributed by atoms with Gasteiger partial charge in [0.25, 0.3) is 0 Å². The molecule has 1 aromatic carbocycles. The fourth-order valence-electron chi connectivity index (χ4n) is 1.45. The predicted octanol–water partition coefficient (Wildman–Crippen LogP) is 3.56. The Morgan fingerprint density at radius 3 is 2.81 bits per heavy atom. The van der Waals surface area contributed by atoms with Crippen molar-refractivity contribution in [1.29, 1.82) is 0 Å². The lowest BCUT2D eigenvalue weighted by Gasteiger charge is -2.15. The molecule has 0 bridgehead atoms. The largest absolute Gasteiger partial charge is 0.490 e. The van der Waals surface area contributed by atoms with Crippen molar-refractivity contribution in [3.05, 3.63) is 27.3 Å². The Kier molecular flexibility index (Phi) is 5.05. The number of benzene rings is 1. The lowest BCUT2D eigenvalue weighted by atomic mass is 10.2. The summed E-state index contributed by atoms with van der Waals surface area (Å²) in [6.07, 6.45) is 1.99. The van der Waals surface area contributed by atoms with E-state index in [4.69, 9.17) is 9.84 Å². The molecule has 0 aliphatic heterocycles. The molecule has 0 aromatic heterocycles. The molecule has 1 N–H and O–H groups in total. The lowest BCUT2D eigenvalue weighted by Crippen LogP contribution is -2.13. The molecule has 1 rings (SSSR count). The van der Waals surface area contributed by atoms with E-state index in [1.54, 1.807) is 12.1 Å². The van der Waals surface area contributed by atoms with Crippen LogP contribution in [0.3, 0.4) is 0 Å². The Balaban J connectivity index is 2.90. The van der Waals surface area contributed by atoms with Gasteiger partial charge in [0.15, 0.2) is 0 Å². The van der Waals surface area contributed by atoms with Gasteiger partial charge in [0.1, 0.15) is 11.3 Å². The predicted molar refractivity (Wildman–Crippen MR) is 71.1 cm³/mol. The summed E-state index contributed by atoms with van der Waals surface area (Å²) in [5, 5.41) is 9.05. The van der Waals surface area contributed by atoms with E-state index in [0.29, 0.717) is 5.75 Å². The van der Waals surface area contributed by atoms with E-state index in [-0.39, 0.29) is 11.7 Å². The van der Waals surface area contributed by atoms with Crippen LogP contribution >= 0.6 is 22.6 Å². The molecule has 1 aromatic rings. The van der Waals surface area contributed by atoms with Crippen molar-refractivity contribution in [1.82, 2.24) is 0 Å². The maximum atomic E-state index is 11.0. The molecular formula is C12H15IO3. The summed E-state index contributed by atoms with van der Waals surface area (Å²) in [5.41, 5.74) is 0.231. The van der Waals surface area contributed by atoms with Crippen molar-refractivity contribution >= 4 is 28.6 Å². The van der Waals surface area contributed by atoms with E-state index in [9.17, 15) is 4.79 Å². The van der Waals surface area contributed by atoms with Crippen LogP contribution in [0.2, 0.25) is 0 Å². The van der Waals surface area contributed by atoms with Gasteiger partial charge in [0, 0.05) is 3.57 Å². The molecule has 88 valence electrons. The summed E-state index contributed by atoms with van der Waals surface area (Å²) < 4.78 is 6.51. The van der Waals surface area contributed by atoms with E-state index >= 15 is 0 Å². The molecule has 0 heterocycles. The minimum Gasteiger partial charge on any atom is -0.490 e. The first kappa shape index (κ1) is 13.3. The van der Waals surface area contributed by atoms with Crippen LogP contribution in [-0.4, -0.2) is 17.2 Å². The van der Waals surface area contributed by atoms with Crippen LogP contribution in [0.15, 0.2) is 18.2 Å². The minimum atomic E-state index is -0.947. The molecule has 0 aliphatic carbocycles. The number of hydrogen-bond donors (Lipinski definition) is 1. The van der Waals surface area contributed by atoms with Crippen LogP contribution in [0.25, 0.3) is 0 Å². The first-order valence-electron chi connectivity index (χ1n) is 5.24. The third kappa shape index (κ3) is 3.66.